The number of carbonyl (C=O) groups is 1. The van der Waals surface area contributed by atoms with E-state index in [1.54, 1.807) is 36.7 Å². The molecule has 0 saturated carbocycles. The quantitative estimate of drug-likeness (QED) is 0.729. The van der Waals surface area contributed by atoms with Crippen molar-refractivity contribution in [3.8, 4) is 0 Å². The molecule has 1 aromatic carbocycles. The number of rotatable bonds is 4. The highest BCUT2D eigenvalue weighted by atomic mass is 35.5. The maximum atomic E-state index is 13.1. The minimum Gasteiger partial charge on any atom is -0.463 e. The fraction of sp³-hybridized carbons (Fsp3) is 0.316. The highest BCUT2D eigenvalue weighted by Crippen LogP contribution is 2.31. The van der Waals surface area contributed by atoms with Crippen LogP contribution in [0.2, 0.25) is 5.02 Å². The number of allylic oxidation sites excluding steroid dienone is 1. The number of thiazole rings is 1. The van der Waals surface area contributed by atoms with E-state index in [1.807, 2.05) is 31.1 Å². The second-order valence-electron chi connectivity index (χ2n) is 6.30. The van der Waals surface area contributed by atoms with Gasteiger partial charge in [-0.1, -0.05) is 35.1 Å². The average Bonchev–Trinajstić information content (AvgIpc) is 2.89. The topological polar surface area (TPSA) is 63.9 Å². The van der Waals surface area contributed by atoms with E-state index in [0.29, 0.717) is 25.6 Å². The van der Waals surface area contributed by atoms with Crippen molar-refractivity contribution >= 4 is 35.1 Å². The standard InChI is InChI=1S/C19H20ClN3O3S/c1-5-26-18(25)15-11(2)21-19-23(17(24)14(27-19)10-22(3)4)16(15)12-6-8-13(20)9-7-12/h6-10,16H,5H2,1-4H3/b14-10+/t16-/m1/s1. The highest BCUT2D eigenvalue weighted by molar-refractivity contribution is 7.07. The van der Waals surface area contributed by atoms with Crippen LogP contribution in [0.4, 0.5) is 0 Å². The Labute approximate surface area is 165 Å². The van der Waals surface area contributed by atoms with Crippen LogP contribution in [-0.4, -0.2) is 36.1 Å². The molecule has 8 heteroatoms. The Morgan fingerprint density at radius 3 is 2.63 bits per heavy atom. The fourth-order valence-corrected chi connectivity index (χ4v) is 4.22. The van der Waals surface area contributed by atoms with E-state index in [4.69, 9.17) is 16.3 Å². The zero-order valence-electron chi connectivity index (χ0n) is 15.5. The Morgan fingerprint density at radius 1 is 1.37 bits per heavy atom. The molecule has 3 rings (SSSR count). The first-order valence-electron chi connectivity index (χ1n) is 8.45. The van der Waals surface area contributed by atoms with Gasteiger partial charge in [-0.25, -0.2) is 9.79 Å². The summed E-state index contributed by atoms with van der Waals surface area (Å²) in [7, 11) is 3.70. The van der Waals surface area contributed by atoms with E-state index in [0.717, 1.165) is 5.56 Å². The van der Waals surface area contributed by atoms with Gasteiger partial charge in [-0.3, -0.25) is 9.36 Å². The zero-order chi connectivity index (χ0) is 19.7. The van der Waals surface area contributed by atoms with E-state index in [9.17, 15) is 9.59 Å². The SMILES string of the molecule is CCOC(=O)C1=C(C)N=c2s/c(=C/N(C)C)c(=O)n2[C@@H]1c1ccc(Cl)cc1. The molecule has 0 amide bonds. The first-order chi connectivity index (χ1) is 12.8. The van der Waals surface area contributed by atoms with Crippen LogP contribution < -0.4 is 14.9 Å². The van der Waals surface area contributed by atoms with Crippen molar-refractivity contribution in [2.45, 2.75) is 19.9 Å². The van der Waals surface area contributed by atoms with Crippen molar-refractivity contribution in [1.29, 1.82) is 0 Å². The van der Waals surface area contributed by atoms with Gasteiger partial charge in [0.2, 0.25) is 0 Å². The summed E-state index contributed by atoms with van der Waals surface area (Å²) in [4.78, 5) is 32.6. The third kappa shape index (κ3) is 3.70. The average molecular weight is 406 g/mol. The molecule has 2 heterocycles. The molecule has 0 N–H and O–H groups in total. The number of hydrogen-bond donors (Lipinski definition) is 0. The van der Waals surface area contributed by atoms with Crippen molar-refractivity contribution in [2.75, 3.05) is 20.7 Å². The number of aromatic nitrogens is 1. The maximum absolute atomic E-state index is 13.1. The fourth-order valence-electron chi connectivity index (χ4n) is 2.98. The summed E-state index contributed by atoms with van der Waals surface area (Å²) in [5, 5.41) is 0.581. The molecule has 0 spiro atoms. The van der Waals surface area contributed by atoms with Crippen molar-refractivity contribution in [1.82, 2.24) is 9.47 Å². The van der Waals surface area contributed by atoms with Gasteiger partial charge in [-0.15, -0.1) is 0 Å². The van der Waals surface area contributed by atoms with Gasteiger partial charge < -0.3 is 9.64 Å². The van der Waals surface area contributed by atoms with Gasteiger partial charge in [0.05, 0.1) is 23.9 Å². The highest BCUT2D eigenvalue weighted by Gasteiger charge is 2.33. The monoisotopic (exact) mass is 405 g/mol. The molecule has 2 aromatic rings. The number of benzene rings is 1. The van der Waals surface area contributed by atoms with Gasteiger partial charge in [0.1, 0.15) is 4.53 Å². The largest absolute Gasteiger partial charge is 0.463 e. The lowest BCUT2D eigenvalue weighted by Gasteiger charge is -2.24. The van der Waals surface area contributed by atoms with E-state index in [2.05, 4.69) is 4.99 Å². The first-order valence-corrected chi connectivity index (χ1v) is 9.64. The zero-order valence-corrected chi connectivity index (χ0v) is 17.1. The molecule has 6 nitrogen and oxygen atoms in total. The lowest BCUT2D eigenvalue weighted by atomic mass is 9.96. The second kappa shape index (κ2) is 7.70. The van der Waals surface area contributed by atoms with Crippen molar-refractivity contribution in [3.63, 3.8) is 0 Å². The summed E-state index contributed by atoms with van der Waals surface area (Å²) in [5.41, 5.74) is 1.49. The number of carbonyl (C=O) groups excluding carboxylic acids is 1. The molecular weight excluding hydrogens is 386 g/mol. The van der Waals surface area contributed by atoms with E-state index < -0.39 is 12.0 Å². The van der Waals surface area contributed by atoms with Gasteiger partial charge in [0, 0.05) is 25.3 Å². The summed E-state index contributed by atoms with van der Waals surface area (Å²) in [5.74, 6) is -0.472. The Bertz CT molecular complexity index is 1080. The molecule has 0 unspecified atom stereocenters. The Morgan fingerprint density at radius 2 is 2.04 bits per heavy atom. The number of halogens is 1. The Balaban J connectivity index is 2.31. The summed E-state index contributed by atoms with van der Waals surface area (Å²) >= 11 is 7.32. The molecule has 27 heavy (non-hydrogen) atoms. The van der Waals surface area contributed by atoms with Crippen LogP contribution in [-0.2, 0) is 9.53 Å². The predicted octanol–water partition coefficient (Wildman–Crippen LogP) is 1.92. The van der Waals surface area contributed by atoms with Crippen LogP contribution in [0.25, 0.3) is 6.20 Å². The second-order valence-corrected chi connectivity index (χ2v) is 7.75. The molecule has 1 aromatic heterocycles. The number of esters is 1. The van der Waals surface area contributed by atoms with Crippen LogP contribution in [0.5, 0.6) is 0 Å². The lowest BCUT2D eigenvalue weighted by molar-refractivity contribution is -0.139. The summed E-state index contributed by atoms with van der Waals surface area (Å²) in [6, 6.07) is 6.50. The summed E-state index contributed by atoms with van der Waals surface area (Å²) < 4.78 is 7.35. The van der Waals surface area contributed by atoms with E-state index in [1.165, 1.54) is 11.3 Å². The minimum absolute atomic E-state index is 0.193. The third-order valence-corrected chi connectivity index (χ3v) is 5.30. The molecule has 1 atom stereocenters. The predicted molar refractivity (Wildman–Crippen MR) is 106 cm³/mol. The number of ether oxygens (including phenoxy) is 1. The van der Waals surface area contributed by atoms with Crippen molar-refractivity contribution < 1.29 is 9.53 Å². The smallest absolute Gasteiger partial charge is 0.338 e. The molecule has 0 fully saturated rings. The van der Waals surface area contributed by atoms with Gasteiger partial charge in [-0.05, 0) is 31.5 Å². The third-order valence-electron chi connectivity index (χ3n) is 4.08. The van der Waals surface area contributed by atoms with Gasteiger partial charge in [-0.2, -0.15) is 0 Å². The number of nitrogens with zero attached hydrogens (tertiary/aromatic N) is 3. The molecule has 1 aliphatic rings. The van der Waals surface area contributed by atoms with Gasteiger partial charge in [0.15, 0.2) is 4.80 Å². The molecule has 142 valence electrons. The van der Waals surface area contributed by atoms with Crippen LogP contribution in [0.3, 0.4) is 0 Å². The van der Waals surface area contributed by atoms with Crippen molar-refractivity contribution in [3.05, 3.63) is 65.8 Å². The maximum Gasteiger partial charge on any atom is 0.338 e. The van der Waals surface area contributed by atoms with Crippen LogP contribution >= 0.6 is 22.9 Å². The van der Waals surface area contributed by atoms with Crippen LogP contribution in [0.15, 0.2) is 45.3 Å². The van der Waals surface area contributed by atoms with E-state index in [-0.39, 0.29) is 12.2 Å². The van der Waals surface area contributed by atoms with Crippen molar-refractivity contribution in [2.24, 2.45) is 4.99 Å². The number of hydrogen-bond acceptors (Lipinski definition) is 6. The molecule has 0 aliphatic carbocycles. The van der Waals surface area contributed by atoms with Gasteiger partial charge in [0.25, 0.3) is 5.56 Å². The Hall–Kier alpha value is -2.38. The first kappa shape index (κ1) is 19.4. The molecule has 1 aliphatic heterocycles. The molecular formula is C19H20ClN3O3S. The summed E-state index contributed by atoms with van der Waals surface area (Å²) in [6.07, 6.45) is 1.76. The summed E-state index contributed by atoms with van der Waals surface area (Å²) in [6.45, 7) is 3.75. The normalized spacial score (nSPS) is 16.8. The molecule has 0 bridgehead atoms. The van der Waals surface area contributed by atoms with Gasteiger partial charge >= 0.3 is 5.97 Å². The van der Waals surface area contributed by atoms with Crippen LogP contribution in [0.1, 0.15) is 25.5 Å². The van der Waals surface area contributed by atoms with Crippen LogP contribution in [0, 0.1) is 0 Å². The minimum atomic E-state index is -0.609. The molecule has 0 saturated heterocycles. The molecule has 0 radical (unpaired) electrons. The lowest BCUT2D eigenvalue weighted by Crippen LogP contribution is -2.40. The van der Waals surface area contributed by atoms with E-state index >= 15 is 0 Å². The Kier molecular flexibility index (Phi) is 5.53. The number of fused-ring (bicyclic) bond motifs is 1.